The van der Waals surface area contributed by atoms with E-state index in [1.165, 1.54) is 6.42 Å². The summed E-state index contributed by atoms with van der Waals surface area (Å²) in [6.45, 7) is 9.77. The van der Waals surface area contributed by atoms with Gasteiger partial charge in [-0.05, 0) is 63.9 Å². The fourth-order valence-electron chi connectivity index (χ4n) is 2.88. The van der Waals surface area contributed by atoms with Crippen molar-refractivity contribution in [3.63, 3.8) is 0 Å². The van der Waals surface area contributed by atoms with E-state index in [-0.39, 0.29) is 11.9 Å². The van der Waals surface area contributed by atoms with Crippen molar-refractivity contribution in [2.24, 2.45) is 10.9 Å². The molecule has 1 aromatic rings. The topological polar surface area (TPSA) is 39.7 Å². The SMILES string of the molecule is CCNC(=NCC1CCN(C)C1)NC(C)c1ccc(C)c(F)c1. The number of aliphatic imine (C=N–C) groups is 1. The first kappa shape index (κ1) is 17.7. The van der Waals surface area contributed by atoms with E-state index in [9.17, 15) is 4.39 Å². The van der Waals surface area contributed by atoms with Crippen LogP contribution in [0.4, 0.5) is 4.39 Å². The van der Waals surface area contributed by atoms with E-state index < -0.39 is 0 Å². The van der Waals surface area contributed by atoms with Gasteiger partial charge in [0, 0.05) is 19.6 Å². The Balaban J connectivity index is 1.98. The molecule has 1 saturated heterocycles. The van der Waals surface area contributed by atoms with Crippen LogP contribution in [0, 0.1) is 18.7 Å². The Morgan fingerprint density at radius 2 is 2.26 bits per heavy atom. The molecule has 0 spiro atoms. The predicted molar refractivity (Wildman–Crippen MR) is 94.3 cm³/mol. The Bertz CT molecular complexity index is 544. The lowest BCUT2D eigenvalue weighted by Crippen LogP contribution is -2.39. The van der Waals surface area contributed by atoms with Gasteiger partial charge >= 0.3 is 0 Å². The highest BCUT2D eigenvalue weighted by atomic mass is 19.1. The Morgan fingerprint density at radius 1 is 1.48 bits per heavy atom. The number of guanidine groups is 1. The maximum atomic E-state index is 13.7. The van der Waals surface area contributed by atoms with Crippen LogP contribution in [-0.2, 0) is 0 Å². The highest BCUT2D eigenvalue weighted by Gasteiger charge is 2.19. The number of nitrogens with zero attached hydrogens (tertiary/aromatic N) is 2. The number of rotatable bonds is 5. The molecule has 23 heavy (non-hydrogen) atoms. The van der Waals surface area contributed by atoms with Crippen LogP contribution in [0.2, 0.25) is 0 Å². The lowest BCUT2D eigenvalue weighted by atomic mass is 10.1. The molecule has 2 unspecified atom stereocenters. The van der Waals surface area contributed by atoms with Crippen LogP contribution in [0.5, 0.6) is 0 Å². The second kappa shape index (κ2) is 8.29. The summed E-state index contributed by atoms with van der Waals surface area (Å²) in [5, 5.41) is 6.65. The summed E-state index contributed by atoms with van der Waals surface area (Å²) in [5.74, 6) is 1.27. The standard InChI is InChI=1S/C18H29FN4/c1-5-20-18(21-11-15-8-9-23(4)12-15)22-14(3)16-7-6-13(2)17(19)10-16/h6-7,10,14-15H,5,8-9,11-12H2,1-4H3,(H2,20,21,22). The Kier molecular flexibility index (Phi) is 6.39. The molecule has 5 heteroatoms. The summed E-state index contributed by atoms with van der Waals surface area (Å²) in [5.41, 5.74) is 1.60. The third-order valence-corrected chi connectivity index (χ3v) is 4.39. The lowest BCUT2D eigenvalue weighted by molar-refractivity contribution is 0.397. The third-order valence-electron chi connectivity index (χ3n) is 4.39. The summed E-state index contributed by atoms with van der Waals surface area (Å²) in [6, 6.07) is 5.39. The van der Waals surface area contributed by atoms with Crippen molar-refractivity contribution >= 4 is 5.96 Å². The van der Waals surface area contributed by atoms with Gasteiger partial charge in [0.1, 0.15) is 5.82 Å². The van der Waals surface area contributed by atoms with Crippen LogP contribution in [-0.4, -0.2) is 44.1 Å². The van der Waals surface area contributed by atoms with Gasteiger partial charge in [-0.3, -0.25) is 4.99 Å². The molecule has 1 aliphatic heterocycles. The van der Waals surface area contributed by atoms with Gasteiger partial charge in [0.05, 0.1) is 6.04 Å². The van der Waals surface area contributed by atoms with Gasteiger partial charge in [0.15, 0.2) is 5.96 Å². The summed E-state index contributed by atoms with van der Waals surface area (Å²) in [6.07, 6.45) is 1.21. The number of nitrogens with one attached hydrogen (secondary N) is 2. The van der Waals surface area contributed by atoms with Gasteiger partial charge in [-0.2, -0.15) is 0 Å². The molecule has 0 aromatic heterocycles. The van der Waals surface area contributed by atoms with Crippen molar-refractivity contribution in [1.82, 2.24) is 15.5 Å². The molecule has 1 aromatic carbocycles. The Labute approximate surface area is 139 Å². The predicted octanol–water partition coefficient (Wildman–Crippen LogP) is 2.70. The van der Waals surface area contributed by atoms with Crippen molar-refractivity contribution in [2.45, 2.75) is 33.2 Å². The molecule has 0 bridgehead atoms. The van der Waals surface area contributed by atoms with Gasteiger partial charge in [0.25, 0.3) is 0 Å². The van der Waals surface area contributed by atoms with E-state index in [1.54, 1.807) is 13.0 Å². The van der Waals surface area contributed by atoms with Gasteiger partial charge in [-0.1, -0.05) is 12.1 Å². The second-order valence-corrected chi connectivity index (χ2v) is 6.51. The molecule has 2 atom stereocenters. The summed E-state index contributed by atoms with van der Waals surface area (Å²) in [4.78, 5) is 7.05. The minimum absolute atomic E-state index is 0.00847. The quantitative estimate of drug-likeness (QED) is 0.647. The number of hydrogen-bond acceptors (Lipinski definition) is 2. The van der Waals surface area contributed by atoms with Crippen molar-refractivity contribution in [2.75, 3.05) is 33.2 Å². The van der Waals surface area contributed by atoms with Crippen LogP contribution < -0.4 is 10.6 Å². The van der Waals surface area contributed by atoms with Crippen molar-refractivity contribution in [1.29, 1.82) is 0 Å². The van der Waals surface area contributed by atoms with Crippen LogP contribution in [0.3, 0.4) is 0 Å². The first-order valence-electron chi connectivity index (χ1n) is 8.49. The minimum Gasteiger partial charge on any atom is -0.357 e. The average Bonchev–Trinajstić information content (AvgIpc) is 2.93. The van der Waals surface area contributed by atoms with Crippen molar-refractivity contribution in [3.8, 4) is 0 Å². The molecular weight excluding hydrogens is 291 g/mol. The maximum absolute atomic E-state index is 13.7. The van der Waals surface area contributed by atoms with E-state index in [1.807, 2.05) is 19.1 Å². The molecule has 0 radical (unpaired) electrons. The molecule has 0 aliphatic carbocycles. The van der Waals surface area contributed by atoms with E-state index in [0.717, 1.165) is 37.7 Å². The fraction of sp³-hybridized carbons (Fsp3) is 0.611. The van der Waals surface area contributed by atoms with Gasteiger partial charge < -0.3 is 15.5 Å². The molecule has 4 nitrogen and oxygen atoms in total. The summed E-state index contributed by atoms with van der Waals surface area (Å²) < 4.78 is 13.7. The molecule has 1 aliphatic rings. The van der Waals surface area contributed by atoms with Crippen LogP contribution in [0.1, 0.15) is 37.4 Å². The maximum Gasteiger partial charge on any atom is 0.191 e. The normalized spacial score (nSPS) is 20.6. The molecule has 128 valence electrons. The molecular formula is C18H29FN4. The fourth-order valence-corrected chi connectivity index (χ4v) is 2.88. The zero-order valence-electron chi connectivity index (χ0n) is 14.7. The number of halogens is 1. The molecule has 1 heterocycles. The number of hydrogen-bond donors (Lipinski definition) is 2. The number of aryl methyl sites for hydroxylation is 1. The van der Waals surface area contributed by atoms with E-state index in [0.29, 0.717) is 11.5 Å². The Morgan fingerprint density at radius 3 is 2.87 bits per heavy atom. The highest BCUT2D eigenvalue weighted by molar-refractivity contribution is 5.80. The van der Waals surface area contributed by atoms with Gasteiger partial charge in [-0.25, -0.2) is 4.39 Å². The monoisotopic (exact) mass is 320 g/mol. The summed E-state index contributed by atoms with van der Waals surface area (Å²) >= 11 is 0. The van der Waals surface area contributed by atoms with Crippen LogP contribution in [0.25, 0.3) is 0 Å². The van der Waals surface area contributed by atoms with Crippen molar-refractivity contribution < 1.29 is 4.39 Å². The first-order chi connectivity index (χ1) is 11.0. The van der Waals surface area contributed by atoms with Crippen molar-refractivity contribution in [3.05, 3.63) is 35.1 Å². The largest absolute Gasteiger partial charge is 0.357 e. The Hall–Kier alpha value is -1.62. The average molecular weight is 320 g/mol. The zero-order valence-corrected chi connectivity index (χ0v) is 14.7. The molecule has 0 saturated carbocycles. The molecule has 2 N–H and O–H groups in total. The zero-order chi connectivity index (χ0) is 16.8. The van der Waals surface area contributed by atoms with E-state index >= 15 is 0 Å². The van der Waals surface area contributed by atoms with Crippen LogP contribution in [0.15, 0.2) is 23.2 Å². The second-order valence-electron chi connectivity index (χ2n) is 6.51. The first-order valence-corrected chi connectivity index (χ1v) is 8.49. The minimum atomic E-state index is -0.160. The number of likely N-dealkylation sites (tertiary alicyclic amines) is 1. The van der Waals surface area contributed by atoms with Crippen LogP contribution >= 0.6 is 0 Å². The lowest BCUT2D eigenvalue weighted by Gasteiger charge is -2.19. The smallest absolute Gasteiger partial charge is 0.191 e. The van der Waals surface area contributed by atoms with E-state index in [4.69, 9.17) is 4.99 Å². The highest BCUT2D eigenvalue weighted by Crippen LogP contribution is 2.17. The molecule has 1 fully saturated rings. The van der Waals surface area contributed by atoms with E-state index in [2.05, 4.69) is 29.5 Å². The van der Waals surface area contributed by atoms with Gasteiger partial charge in [-0.15, -0.1) is 0 Å². The molecule has 0 amide bonds. The molecule has 2 rings (SSSR count). The summed E-state index contributed by atoms with van der Waals surface area (Å²) in [7, 11) is 2.15. The van der Waals surface area contributed by atoms with Gasteiger partial charge in [0.2, 0.25) is 0 Å². The third kappa shape index (κ3) is 5.20. The number of benzene rings is 1.